The first-order valence-electron chi connectivity index (χ1n) is 9.23. The van der Waals surface area contributed by atoms with Gasteiger partial charge in [-0.1, -0.05) is 13.0 Å². The van der Waals surface area contributed by atoms with E-state index in [0.717, 1.165) is 12.1 Å². The van der Waals surface area contributed by atoms with Gasteiger partial charge in [-0.25, -0.2) is 0 Å². The summed E-state index contributed by atoms with van der Waals surface area (Å²) in [6, 6.07) is 5.17. The van der Waals surface area contributed by atoms with Gasteiger partial charge in [-0.05, 0) is 49.6 Å². The number of thioether (sulfide) groups is 1. The Bertz CT molecular complexity index is 726. The number of Topliss-reactive ketones (excluding diaryl/α,β-unsaturated/α-hetero) is 2. The minimum Gasteiger partial charge on any atom is -0.294 e. The fourth-order valence-corrected chi connectivity index (χ4v) is 4.13. The van der Waals surface area contributed by atoms with Crippen LogP contribution in [-0.4, -0.2) is 23.9 Å². The smallest absolute Gasteiger partial charge is 0.294 e. The molecule has 1 aromatic rings. The minimum absolute atomic E-state index is 0.0905. The van der Waals surface area contributed by atoms with Crippen LogP contribution >= 0.6 is 11.8 Å². The largest absolute Gasteiger partial charge is 0.416 e. The van der Waals surface area contributed by atoms with E-state index < -0.39 is 11.7 Å². The Kier molecular flexibility index (Phi) is 8.12. The first-order valence-corrected chi connectivity index (χ1v) is 10.2. The van der Waals surface area contributed by atoms with Gasteiger partial charge < -0.3 is 0 Å². The summed E-state index contributed by atoms with van der Waals surface area (Å²) in [6.45, 7) is 4.05. The zero-order chi connectivity index (χ0) is 20.7. The standard InChI is InChI=1S/C20H24F3NO3S/c1-3-16(24-27-4-2)19-17(25)10-13(11-18(19)26)8-9-28-15-7-5-6-14(12-15)20(21,22)23/h5-7,12-13,24H,3-4,8-11H2,1-2H3. The van der Waals surface area contributed by atoms with Gasteiger partial charge in [0.1, 0.15) is 0 Å². The van der Waals surface area contributed by atoms with Gasteiger partial charge in [-0.2, -0.15) is 13.2 Å². The summed E-state index contributed by atoms with van der Waals surface area (Å²) >= 11 is 1.30. The molecule has 0 unspecified atom stereocenters. The number of hydrogen-bond acceptors (Lipinski definition) is 5. The van der Waals surface area contributed by atoms with Crippen molar-refractivity contribution in [2.24, 2.45) is 5.92 Å². The van der Waals surface area contributed by atoms with E-state index in [-0.39, 0.29) is 35.9 Å². The highest BCUT2D eigenvalue weighted by Crippen LogP contribution is 2.33. The van der Waals surface area contributed by atoms with E-state index in [1.54, 1.807) is 13.0 Å². The van der Waals surface area contributed by atoms with E-state index in [4.69, 9.17) is 4.84 Å². The maximum absolute atomic E-state index is 12.8. The molecule has 2 rings (SSSR count). The van der Waals surface area contributed by atoms with Crippen molar-refractivity contribution in [2.45, 2.75) is 50.6 Å². The Hall–Kier alpha value is -1.80. The Morgan fingerprint density at radius 1 is 1.21 bits per heavy atom. The number of nitrogens with one attached hydrogen (secondary N) is 1. The molecule has 4 nitrogen and oxygen atoms in total. The average molecular weight is 415 g/mol. The fraction of sp³-hybridized carbons (Fsp3) is 0.500. The lowest BCUT2D eigenvalue weighted by Gasteiger charge is -2.24. The molecule has 1 aliphatic carbocycles. The van der Waals surface area contributed by atoms with Crippen LogP contribution in [0.3, 0.4) is 0 Å². The molecule has 0 radical (unpaired) electrons. The summed E-state index contributed by atoms with van der Waals surface area (Å²) in [5.74, 6) is 0.0552. The van der Waals surface area contributed by atoms with Gasteiger partial charge >= 0.3 is 6.18 Å². The van der Waals surface area contributed by atoms with E-state index in [1.165, 1.54) is 17.8 Å². The van der Waals surface area contributed by atoms with Crippen molar-refractivity contribution in [3.05, 3.63) is 41.1 Å². The molecule has 1 fully saturated rings. The summed E-state index contributed by atoms with van der Waals surface area (Å²) in [5.41, 5.74) is 2.71. The lowest BCUT2D eigenvalue weighted by atomic mass is 9.81. The van der Waals surface area contributed by atoms with E-state index in [2.05, 4.69) is 5.48 Å². The SMILES string of the molecule is CCONC(CC)=C1C(=O)CC(CCSc2cccc(C(F)(F)F)c2)CC1=O. The number of ketones is 2. The van der Waals surface area contributed by atoms with Crippen molar-refractivity contribution in [3.8, 4) is 0 Å². The van der Waals surface area contributed by atoms with Gasteiger partial charge in [0.25, 0.3) is 0 Å². The van der Waals surface area contributed by atoms with E-state index in [0.29, 0.717) is 35.8 Å². The number of halogens is 3. The number of alkyl halides is 3. The van der Waals surface area contributed by atoms with Crippen molar-refractivity contribution in [2.75, 3.05) is 12.4 Å². The quantitative estimate of drug-likeness (QED) is 0.282. The molecule has 154 valence electrons. The Morgan fingerprint density at radius 2 is 1.89 bits per heavy atom. The first-order chi connectivity index (χ1) is 13.3. The predicted octanol–water partition coefficient (Wildman–Crippen LogP) is 4.94. The Morgan fingerprint density at radius 3 is 2.46 bits per heavy atom. The van der Waals surface area contributed by atoms with Crippen LogP contribution in [0.4, 0.5) is 13.2 Å². The van der Waals surface area contributed by atoms with Gasteiger partial charge in [0.15, 0.2) is 11.6 Å². The molecule has 1 saturated carbocycles. The molecule has 0 spiro atoms. The summed E-state index contributed by atoms with van der Waals surface area (Å²) in [7, 11) is 0. The molecule has 1 aromatic carbocycles. The molecule has 0 aromatic heterocycles. The summed E-state index contributed by atoms with van der Waals surface area (Å²) in [4.78, 5) is 30.6. The second kappa shape index (κ2) is 10.1. The van der Waals surface area contributed by atoms with Crippen LogP contribution in [0.15, 0.2) is 40.4 Å². The average Bonchev–Trinajstić information content (AvgIpc) is 2.63. The summed E-state index contributed by atoms with van der Waals surface area (Å²) in [5, 5.41) is 0. The third-order valence-electron chi connectivity index (χ3n) is 4.46. The predicted molar refractivity (Wildman–Crippen MR) is 102 cm³/mol. The van der Waals surface area contributed by atoms with Crippen LogP contribution in [-0.2, 0) is 20.6 Å². The highest BCUT2D eigenvalue weighted by molar-refractivity contribution is 7.99. The first kappa shape index (κ1) is 22.5. The Balaban J connectivity index is 1.93. The molecular weight excluding hydrogens is 391 g/mol. The topological polar surface area (TPSA) is 55.4 Å². The van der Waals surface area contributed by atoms with E-state index in [9.17, 15) is 22.8 Å². The molecule has 0 saturated heterocycles. The Labute approximate surface area is 166 Å². The molecular formula is C20H24F3NO3S. The van der Waals surface area contributed by atoms with Gasteiger partial charge in [0.2, 0.25) is 0 Å². The van der Waals surface area contributed by atoms with E-state index in [1.807, 2.05) is 6.92 Å². The highest BCUT2D eigenvalue weighted by atomic mass is 32.2. The molecule has 1 N–H and O–H groups in total. The number of carbonyl (C=O) groups excluding carboxylic acids is 2. The molecule has 0 atom stereocenters. The van der Waals surface area contributed by atoms with E-state index >= 15 is 0 Å². The third kappa shape index (κ3) is 6.10. The highest BCUT2D eigenvalue weighted by Gasteiger charge is 2.33. The minimum atomic E-state index is -4.37. The number of hydrogen-bond donors (Lipinski definition) is 1. The van der Waals surface area contributed by atoms with Crippen LogP contribution in [0.2, 0.25) is 0 Å². The molecule has 0 amide bonds. The maximum atomic E-state index is 12.8. The second-order valence-electron chi connectivity index (χ2n) is 6.53. The number of rotatable bonds is 8. The summed E-state index contributed by atoms with van der Waals surface area (Å²) in [6.07, 6.45) is -2.76. The maximum Gasteiger partial charge on any atom is 0.416 e. The fourth-order valence-electron chi connectivity index (χ4n) is 3.06. The van der Waals surface area contributed by atoms with Crippen molar-refractivity contribution >= 4 is 23.3 Å². The van der Waals surface area contributed by atoms with Gasteiger partial charge in [0.05, 0.1) is 23.4 Å². The van der Waals surface area contributed by atoms with Crippen LogP contribution in [0.25, 0.3) is 0 Å². The van der Waals surface area contributed by atoms with Crippen molar-refractivity contribution in [1.82, 2.24) is 5.48 Å². The zero-order valence-corrected chi connectivity index (χ0v) is 16.7. The third-order valence-corrected chi connectivity index (χ3v) is 5.48. The van der Waals surface area contributed by atoms with Crippen LogP contribution in [0.1, 0.15) is 45.1 Å². The van der Waals surface area contributed by atoms with Gasteiger partial charge in [-0.15, -0.1) is 11.8 Å². The number of allylic oxidation sites excluding steroid dienone is 2. The lowest BCUT2D eigenvalue weighted by molar-refractivity contribution is -0.137. The van der Waals surface area contributed by atoms with Gasteiger partial charge in [-0.3, -0.25) is 19.9 Å². The summed E-state index contributed by atoms with van der Waals surface area (Å²) < 4.78 is 38.3. The number of benzene rings is 1. The molecule has 28 heavy (non-hydrogen) atoms. The lowest BCUT2D eigenvalue weighted by Crippen LogP contribution is -2.30. The monoisotopic (exact) mass is 415 g/mol. The van der Waals surface area contributed by atoms with Gasteiger partial charge in [0, 0.05) is 17.7 Å². The van der Waals surface area contributed by atoms with Crippen LogP contribution < -0.4 is 5.48 Å². The van der Waals surface area contributed by atoms with Crippen molar-refractivity contribution < 1.29 is 27.6 Å². The second-order valence-corrected chi connectivity index (χ2v) is 7.69. The molecule has 0 bridgehead atoms. The zero-order valence-electron chi connectivity index (χ0n) is 15.9. The van der Waals surface area contributed by atoms with Crippen molar-refractivity contribution in [3.63, 3.8) is 0 Å². The molecule has 0 aliphatic heterocycles. The molecule has 8 heteroatoms. The number of carbonyl (C=O) groups is 2. The molecule has 0 heterocycles. The number of hydroxylamine groups is 1. The van der Waals surface area contributed by atoms with Crippen LogP contribution in [0.5, 0.6) is 0 Å². The van der Waals surface area contributed by atoms with Crippen LogP contribution in [0, 0.1) is 5.92 Å². The molecule has 1 aliphatic rings. The normalized spacial score (nSPS) is 17.8. The van der Waals surface area contributed by atoms with Crippen molar-refractivity contribution in [1.29, 1.82) is 0 Å².